The van der Waals surface area contributed by atoms with Crippen molar-refractivity contribution in [1.29, 1.82) is 0 Å². The van der Waals surface area contributed by atoms with Gasteiger partial charge in [0.05, 0.1) is 0 Å². The summed E-state index contributed by atoms with van der Waals surface area (Å²) in [6.45, 7) is 4.25. The van der Waals surface area contributed by atoms with Gasteiger partial charge in [0.15, 0.2) is 0 Å². The van der Waals surface area contributed by atoms with Crippen molar-refractivity contribution in [2.24, 2.45) is 11.8 Å². The van der Waals surface area contributed by atoms with Crippen LogP contribution in [-0.4, -0.2) is 11.7 Å². The molecule has 0 radical (unpaired) electrons. The topological polar surface area (TPSA) is 20.2 Å². The molecular weight excluding hydrogens is 227 g/mol. The number of halogens is 2. The Morgan fingerprint density at radius 2 is 2.06 bits per heavy atom. The smallest absolute Gasteiger partial charge is 0.127 e. The van der Waals surface area contributed by atoms with Crippen molar-refractivity contribution >= 4 is 11.6 Å². The van der Waals surface area contributed by atoms with Crippen LogP contribution < -0.4 is 0 Å². The average molecular weight is 245 g/mol. The number of rotatable bonds is 5. The molecule has 1 unspecified atom stereocenters. The number of aliphatic hydroxyl groups excluding tert-OH is 1. The van der Waals surface area contributed by atoms with Crippen LogP contribution in [0.4, 0.5) is 4.39 Å². The van der Waals surface area contributed by atoms with E-state index in [2.05, 4.69) is 13.8 Å². The second-order valence-corrected chi connectivity index (χ2v) is 4.99. The molecule has 1 rings (SSSR count). The fourth-order valence-electron chi connectivity index (χ4n) is 1.91. The molecule has 0 saturated carbocycles. The molecule has 1 N–H and O–H groups in total. The van der Waals surface area contributed by atoms with E-state index in [0.717, 1.165) is 6.42 Å². The Morgan fingerprint density at radius 1 is 1.38 bits per heavy atom. The first kappa shape index (κ1) is 13.5. The summed E-state index contributed by atoms with van der Waals surface area (Å²) in [5.74, 6) is 0.284. The fourth-order valence-corrected chi connectivity index (χ4v) is 2.15. The van der Waals surface area contributed by atoms with E-state index in [1.807, 2.05) is 0 Å². The Bertz CT molecular complexity index is 318. The van der Waals surface area contributed by atoms with Gasteiger partial charge >= 0.3 is 0 Å². The maximum atomic E-state index is 13.5. The maximum absolute atomic E-state index is 13.5. The van der Waals surface area contributed by atoms with Crippen molar-refractivity contribution in [2.45, 2.75) is 26.7 Å². The van der Waals surface area contributed by atoms with Crippen molar-refractivity contribution in [2.75, 3.05) is 6.61 Å². The monoisotopic (exact) mass is 244 g/mol. The minimum Gasteiger partial charge on any atom is -0.396 e. The van der Waals surface area contributed by atoms with E-state index in [-0.39, 0.29) is 18.3 Å². The summed E-state index contributed by atoms with van der Waals surface area (Å²) in [6.07, 6.45) is 1.38. The van der Waals surface area contributed by atoms with Gasteiger partial charge in [0.1, 0.15) is 5.82 Å². The zero-order valence-corrected chi connectivity index (χ0v) is 10.5. The van der Waals surface area contributed by atoms with Gasteiger partial charge in [0, 0.05) is 17.2 Å². The van der Waals surface area contributed by atoms with Gasteiger partial charge in [-0.05, 0) is 36.8 Å². The van der Waals surface area contributed by atoms with Gasteiger partial charge in [-0.25, -0.2) is 4.39 Å². The van der Waals surface area contributed by atoms with E-state index < -0.39 is 0 Å². The summed E-state index contributed by atoms with van der Waals surface area (Å²) in [7, 11) is 0. The highest BCUT2D eigenvalue weighted by Crippen LogP contribution is 2.24. The summed E-state index contributed by atoms with van der Waals surface area (Å²) in [6, 6.07) is 4.69. The first-order valence-corrected chi connectivity index (χ1v) is 5.96. The number of benzene rings is 1. The maximum Gasteiger partial charge on any atom is 0.127 e. The summed E-state index contributed by atoms with van der Waals surface area (Å²) in [4.78, 5) is 0. The van der Waals surface area contributed by atoms with E-state index >= 15 is 0 Å². The number of hydrogen-bond donors (Lipinski definition) is 1. The minimum absolute atomic E-state index is 0.0723. The molecule has 1 aromatic carbocycles. The van der Waals surface area contributed by atoms with E-state index in [9.17, 15) is 9.50 Å². The lowest BCUT2D eigenvalue weighted by Gasteiger charge is -2.17. The first-order valence-electron chi connectivity index (χ1n) is 5.58. The quantitative estimate of drug-likeness (QED) is 0.838. The van der Waals surface area contributed by atoms with Crippen molar-refractivity contribution < 1.29 is 9.50 Å². The van der Waals surface area contributed by atoms with Gasteiger partial charge in [-0.15, -0.1) is 0 Å². The lowest BCUT2D eigenvalue weighted by Crippen LogP contribution is -2.13. The van der Waals surface area contributed by atoms with E-state index in [4.69, 9.17) is 11.6 Å². The van der Waals surface area contributed by atoms with Crippen LogP contribution in [0.25, 0.3) is 0 Å². The summed E-state index contributed by atoms with van der Waals surface area (Å²) >= 11 is 5.95. The Kier molecular flexibility index (Phi) is 5.23. The summed E-state index contributed by atoms with van der Waals surface area (Å²) < 4.78 is 13.5. The molecule has 0 heterocycles. The van der Waals surface area contributed by atoms with Crippen LogP contribution in [0, 0.1) is 17.7 Å². The molecule has 0 fully saturated rings. The number of hydrogen-bond acceptors (Lipinski definition) is 1. The van der Waals surface area contributed by atoms with Gasteiger partial charge in [0.2, 0.25) is 0 Å². The highest BCUT2D eigenvalue weighted by molar-refractivity contribution is 6.31. The van der Waals surface area contributed by atoms with Crippen LogP contribution in [-0.2, 0) is 6.42 Å². The number of aliphatic hydroxyl groups is 1. The molecule has 0 saturated heterocycles. The average Bonchev–Trinajstić information content (AvgIpc) is 2.21. The predicted octanol–water partition coefficient (Wildman–Crippen LogP) is 3.68. The van der Waals surface area contributed by atoms with E-state index in [1.54, 1.807) is 12.1 Å². The van der Waals surface area contributed by atoms with Gasteiger partial charge in [-0.1, -0.05) is 31.5 Å². The van der Waals surface area contributed by atoms with Crippen LogP contribution in [0.5, 0.6) is 0 Å². The first-order chi connectivity index (χ1) is 7.54. The van der Waals surface area contributed by atoms with Crippen LogP contribution in [0.2, 0.25) is 5.02 Å². The Balaban J connectivity index is 2.77. The Labute approximate surface area is 101 Å². The summed E-state index contributed by atoms with van der Waals surface area (Å²) in [5, 5.41) is 9.70. The molecular formula is C13H18ClFO. The molecule has 0 spiro atoms. The van der Waals surface area contributed by atoms with Crippen LogP contribution >= 0.6 is 11.6 Å². The molecule has 90 valence electrons. The van der Waals surface area contributed by atoms with E-state index in [1.165, 1.54) is 6.07 Å². The molecule has 0 aliphatic carbocycles. The Morgan fingerprint density at radius 3 is 2.56 bits per heavy atom. The molecule has 1 aromatic rings. The third kappa shape index (κ3) is 3.76. The van der Waals surface area contributed by atoms with Gasteiger partial charge in [-0.3, -0.25) is 0 Å². The van der Waals surface area contributed by atoms with Crippen LogP contribution in [0.1, 0.15) is 25.8 Å². The fraction of sp³-hybridized carbons (Fsp3) is 0.538. The van der Waals surface area contributed by atoms with Crippen molar-refractivity contribution in [3.63, 3.8) is 0 Å². The predicted molar refractivity (Wildman–Crippen MR) is 65.1 cm³/mol. The normalized spacial score (nSPS) is 13.1. The standard InChI is InChI=1S/C13H18ClFO/c1-9(2)6-10(8-16)7-11-12(14)4-3-5-13(11)15/h3-5,9-10,16H,6-8H2,1-2H3. The van der Waals surface area contributed by atoms with Gasteiger partial charge in [-0.2, -0.15) is 0 Å². The highest BCUT2D eigenvalue weighted by Gasteiger charge is 2.15. The van der Waals surface area contributed by atoms with Crippen LogP contribution in [0.15, 0.2) is 18.2 Å². The van der Waals surface area contributed by atoms with Crippen molar-refractivity contribution in [1.82, 2.24) is 0 Å². The molecule has 0 aromatic heterocycles. The molecule has 0 aliphatic rings. The largest absolute Gasteiger partial charge is 0.396 e. The van der Waals surface area contributed by atoms with E-state index in [0.29, 0.717) is 22.9 Å². The molecule has 1 nitrogen and oxygen atoms in total. The zero-order chi connectivity index (χ0) is 12.1. The molecule has 3 heteroatoms. The van der Waals surface area contributed by atoms with Crippen molar-refractivity contribution in [3.8, 4) is 0 Å². The minimum atomic E-state index is -0.283. The van der Waals surface area contributed by atoms with Crippen molar-refractivity contribution in [3.05, 3.63) is 34.6 Å². The Hall–Kier alpha value is -0.600. The van der Waals surface area contributed by atoms with Gasteiger partial charge in [0.25, 0.3) is 0 Å². The summed E-state index contributed by atoms with van der Waals surface area (Å²) in [5.41, 5.74) is 0.517. The molecule has 0 amide bonds. The molecule has 0 aliphatic heterocycles. The van der Waals surface area contributed by atoms with Gasteiger partial charge < -0.3 is 5.11 Å². The van der Waals surface area contributed by atoms with Crippen LogP contribution in [0.3, 0.4) is 0 Å². The third-order valence-electron chi connectivity index (χ3n) is 2.62. The zero-order valence-electron chi connectivity index (χ0n) is 9.71. The second kappa shape index (κ2) is 6.21. The highest BCUT2D eigenvalue weighted by atomic mass is 35.5. The molecule has 1 atom stereocenters. The lowest BCUT2D eigenvalue weighted by molar-refractivity contribution is 0.204. The molecule has 16 heavy (non-hydrogen) atoms. The SMILES string of the molecule is CC(C)CC(CO)Cc1c(F)cccc1Cl. The second-order valence-electron chi connectivity index (χ2n) is 4.58. The third-order valence-corrected chi connectivity index (χ3v) is 2.97. The molecule has 0 bridgehead atoms. The lowest BCUT2D eigenvalue weighted by atomic mass is 9.91.